The maximum Gasteiger partial charge on any atom is 0.220 e. The molecule has 4 nitrogen and oxygen atoms in total. The molecule has 1 saturated carbocycles. The lowest BCUT2D eigenvalue weighted by Crippen LogP contribution is -2.34. The van der Waals surface area contributed by atoms with Gasteiger partial charge in [-0.1, -0.05) is 50.5 Å². The van der Waals surface area contributed by atoms with Crippen LogP contribution in [0, 0.1) is 11.8 Å². The summed E-state index contributed by atoms with van der Waals surface area (Å²) in [6.45, 7) is 6.05. The molecule has 2 aliphatic rings. The summed E-state index contributed by atoms with van der Waals surface area (Å²) in [5, 5.41) is 6.60. The molecular weight excluding hydrogens is 417 g/mol. The van der Waals surface area contributed by atoms with E-state index in [-0.39, 0.29) is 30.7 Å². The summed E-state index contributed by atoms with van der Waals surface area (Å²) in [5.41, 5.74) is 2.61. The molecule has 2 fully saturated rings. The molecule has 172 valence electrons. The summed E-state index contributed by atoms with van der Waals surface area (Å²) in [6.07, 6.45) is 9.81. The molecule has 1 atom stereocenters. The Bertz CT molecular complexity index is 616. The first-order valence-corrected chi connectivity index (χ1v) is 11.4. The van der Waals surface area contributed by atoms with Gasteiger partial charge in [0.2, 0.25) is 5.91 Å². The fraction of sp³-hybridized carbons (Fsp3) is 0.708. The third-order valence-electron chi connectivity index (χ3n) is 6.91. The predicted octanol–water partition coefficient (Wildman–Crippen LogP) is 4.94. The zero-order valence-corrected chi connectivity index (χ0v) is 20.3. The van der Waals surface area contributed by atoms with E-state index in [4.69, 9.17) is 0 Å². The fourth-order valence-electron chi connectivity index (χ4n) is 4.94. The topological polar surface area (TPSA) is 44.4 Å². The molecular formula is C24H41Cl2N3O. The Morgan fingerprint density at radius 1 is 1.07 bits per heavy atom. The number of hydrogen-bond acceptors (Lipinski definition) is 3. The van der Waals surface area contributed by atoms with E-state index in [1.54, 1.807) is 0 Å². The van der Waals surface area contributed by atoms with Crippen molar-refractivity contribution in [2.24, 2.45) is 11.8 Å². The summed E-state index contributed by atoms with van der Waals surface area (Å²) < 4.78 is 0. The quantitative estimate of drug-likeness (QED) is 0.580. The maximum absolute atomic E-state index is 12.5. The van der Waals surface area contributed by atoms with Gasteiger partial charge >= 0.3 is 0 Å². The van der Waals surface area contributed by atoms with Crippen LogP contribution in [0.3, 0.4) is 0 Å². The molecule has 0 bridgehead atoms. The molecule has 1 aliphatic carbocycles. The Morgan fingerprint density at radius 3 is 2.37 bits per heavy atom. The second kappa shape index (κ2) is 14.3. The van der Waals surface area contributed by atoms with Crippen molar-refractivity contribution < 1.29 is 4.79 Å². The van der Waals surface area contributed by atoms with Crippen LogP contribution in [0.25, 0.3) is 0 Å². The highest BCUT2D eigenvalue weighted by molar-refractivity contribution is 5.85. The second-order valence-electron chi connectivity index (χ2n) is 9.02. The summed E-state index contributed by atoms with van der Waals surface area (Å²) in [6, 6.07) is 9.30. The number of hydrogen-bond donors (Lipinski definition) is 2. The number of benzene rings is 1. The Hall–Kier alpha value is -0.810. The SMILES string of the molecule is CC(CC(=O)NCc1ccccc1CN(C)C1CCCCC1)C1CCNCC1.Cl.Cl. The molecule has 0 aromatic heterocycles. The number of halogens is 2. The highest BCUT2D eigenvalue weighted by atomic mass is 35.5. The molecule has 1 saturated heterocycles. The van der Waals surface area contributed by atoms with E-state index < -0.39 is 0 Å². The van der Waals surface area contributed by atoms with Crippen LogP contribution in [-0.4, -0.2) is 37.0 Å². The Balaban J connectivity index is 0.00000225. The number of rotatable bonds is 8. The molecule has 1 amide bonds. The minimum Gasteiger partial charge on any atom is -0.352 e. The molecule has 0 radical (unpaired) electrons. The van der Waals surface area contributed by atoms with Crippen LogP contribution in [0.1, 0.15) is 69.4 Å². The zero-order chi connectivity index (χ0) is 19.8. The lowest BCUT2D eigenvalue weighted by atomic mass is 9.84. The van der Waals surface area contributed by atoms with Crippen LogP contribution in [-0.2, 0) is 17.9 Å². The minimum absolute atomic E-state index is 0. The third-order valence-corrected chi connectivity index (χ3v) is 6.91. The van der Waals surface area contributed by atoms with E-state index in [1.807, 2.05) is 0 Å². The van der Waals surface area contributed by atoms with Gasteiger partial charge in [-0.15, -0.1) is 24.8 Å². The smallest absolute Gasteiger partial charge is 0.220 e. The first kappa shape index (κ1) is 27.2. The average Bonchev–Trinajstić information content (AvgIpc) is 2.74. The standard InChI is InChI=1S/C24H39N3O.2ClH/c1-19(20-12-14-25-15-13-20)16-24(28)26-17-21-8-6-7-9-22(21)18-27(2)23-10-4-3-5-11-23;;/h6-9,19-20,23,25H,3-5,10-18H2,1-2H3,(H,26,28);2*1H. The second-order valence-corrected chi connectivity index (χ2v) is 9.02. The first-order chi connectivity index (χ1) is 13.6. The fourth-order valence-corrected chi connectivity index (χ4v) is 4.94. The Labute approximate surface area is 195 Å². The van der Waals surface area contributed by atoms with Crippen LogP contribution >= 0.6 is 24.8 Å². The van der Waals surface area contributed by atoms with Crippen molar-refractivity contribution in [1.82, 2.24) is 15.5 Å². The van der Waals surface area contributed by atoms with Gasteiger partial charge in [-0.2, -0.15) is 0 Å². The van der Waals surface area contributed by atoms with Gasteiger partial charge in [0, 0.05) is 25.6 Å². The Kier molecular flexibility index (Phi) is 13.0. The van der Waals surface area contributed by atoms with Gasteiger partial charge in [0.05, 0.1) is 0 Å². The number of carbonyl (C=O) groups excluding carboxylic acids is 1. The maximum atomic E-state index is 12.5. The van der Waals surface area contributed by atoms with Crippen molar-refractivity contribution in [3.63, 3.8) is 0 Å². The summed E-state index contributed by atoms with van der Waals surface area (Å²) >= 11 is 0. The van der Waals surface area contributed by atoms with Crippen LogP contribution < -0.4 is 10.6 Å². The van der Waals surface area contributed by atoms with Crippen molar-refractivity contribution in [2.45, 2.75) is 77.4 Å². The highest BCUT2D eigenvalue weighted by Gasteiger charge is 2.22. The summed E-state index contributed by atoms with van der Waals surface area (Å²) in [7, 11) is 2.26. The molecule has 0 spiro atoms. The minimum atomic E-state index is 0. The molecule has 6 heteroatoms. The molecule has 2 N–H and O–H groups in total. The van der Waals surface area contributed by atoms with E-state index in [0.29, 0.717) is 30.8 Å². The molecule has 1 aliphatic heterocycles. The van der Waals surface area contributed by atoms with Crippen molar-refractivity contribution in [2.75, 3.05) is 20.1 Å². The van der Waals surface area contributed by atoms with Gasteiger partial charge in [0.15, 0.2) is 0 Å². The highest BCUT2D eigenvalue weighted by Crippen LogP contribution is 2.25. The number of amides is 1. The zero-order valence-electron chi connectivity index (χ0n) is 18.7. The van der Waals surface area contributed by atoms with Crippen molar-refractivity contribution in [1.29, 1.82) is 0 Å². The molecule has 1 heterocycles. The normalized spacial score (nSPS) is 18.9. The molecule has 1 aromatic carbocycles. The van der Waals surface area contributed by atoms with Gasteiger partial charge in [0.1, 0.15) is 0 Å². The van der Waals surface area contributed by atoms with E-state index in [1.165, 1.54) is 56.1 Å². The van der Waals surface area contributed by atoms with Gasteiger partial charge < -0.3 is 10.6 Å². The average molecular weight is 459 g/mol. The lowest BCUT2D eigenvalue weighted by Gasteiger charge is -2.31. The number of piperidine rings is 1. The van der Waals surface area contributed by atoms with Crippen molar-refractivity contribution >= 4 is 30.7 Å². The van der Waals surface area contributed by atoms with Gasteiger partial charge in [-0.05, 0) is 68.8 Å². The van der Waals surface area contributed by atoms with Crippen LogP contribution in [0.2, 0.25) is 0 Å². The van der Waals surface area contributed by atoms with E-state index in [0.717, 1.165) is 19.6 Å². The monoisotopic (exact) mass is 457 g/mol. The first-order valence-electron chi connectivity index (χ1n) is 11.4. The molecule has 30 heavy (non-hydrogen) atoms. The lowest BCUT2D eigenvalue weighted by molar-refractivity contribution is -0.122. The van der Waals surface area contributed by atoms with E-state index >= 15 is 0 Å². The van der Waals surface area contributed by atoms with Crippen molar-refractivity contribution in [3.8, 4) is 0 Å². The van der Waals surface area contributed by atoms with Crippen molar-refractivity contribution in [3.05, 3.63) is 35.4 Å². The largest absolute Gasteiger partial charge is 0.352 e. The van der Waals surface area contributed by atoms with Gasteiger partial charge in [-0.3, -0.25) is 9.69 Å². The van der Waals surface area contributed by atoms with Gasteiger partial charge in [-0.25, -0.2) is 0 Å². The molecule has 1 unspecified atom stereocenters. The number of carbonyl (C=O) groups is 1. The van der Waals surface area contributed by atoms with E-state index in [9.17, 15) is 4.79 Å². The summed E-state index contributed by atoms with van der Waals surface area (Å²) in [4.78, 5) is 15.0. The number of nitrogens with one attached hydrogen (secondary N) is 2. The molecule has 1 aromatic rings. The van der Waals surface area contributed by atoms with E-state index in [2.05, 4.69) is 53.8 Å². The summed E-state index contributed by atoms with van der Waals surface area (Å²) in [5.74, 6) is 1.35. The number of nitrogens with zero attached hydrogens (tertiary/aromatic N) is 1. The third kappa shape index (κ3) is 8.37. The van der Waals surface area contributed by atoms with Crippen LogP contribution in [0.15, 0.2) is 24.3 Å². The van der Waals surface area contributed by atoms with Crippen LogP contribution in [0.4, 0.5) is 0 Å². The molecule has 3 rings (SSSR count). The van der Waals surface area contributed by atoms with Gasteiger partial charge in [0.25, 0.3) is 0 Å². The van der Waals surface area contributed by atoms with Crippen LogP contribution in [0.5, 0.6) is 0 Å². The predicted molar refractivity (Wildman–Crippen MR) is 130 cm³/mol. The Morgan fingerprint density at radius 2 is 1.70 bits per heavy atom.